The highest BCUT2D eigenvalue weighted by molar-refractivity contribution is 6.32. The first-order valence-corrected chi connectivity index (χ1v) is 11.0. The van der Waals surface area contributed by atoms with Crippen LogP contribution in [0, 0.1) is 0 Å². The van der Waals surface area contributed by atoms with E-state index in [1.807, 2.05) is 35.1 Å². The number of amides is 1. The van der Waals surface area contributed by atoms with Crippen LogP contribution in [0.25, 0.3) is 11.3 Å². The van der Waals surface area contributed by atoms with Crippen molar-refractivity contribution in [2.24, 2.45) is 0 Å². The number of carbonyl (C=O) groups excluding carboxylic acids is 1. The van der Waals surface area contributed by atoms with Crippen molar-refractivity contribution in [3.05, 3.63) is 47.9 Å². The molecule has 2 aliphatic rings. The maximum absolute atomic E-state index is 12.0. The summed E-state index contributed by atoms with van der Waals surface area (Å²) in [5.74, 6) is 0.391. The molecule has 3 aromatic rings. The fraction of sp³-hybridized carbons (Fsp3) is 0.364. The lowest BCUT2D eigenvalue weighted by Gasteiger charge is -2.26. The van der Waals surface area contributed by atoms with Crippen LogP contribution < -0.4 is 10.2 Å². The minimum Gasteiger partial charge on any atom is -0.381 e. The number of hydrogen-bond donors (Lipinski definition) is 1. The lowest BCUT2D eigenvalue weighted by Crippen LogP contribution is -2.41. The van der Waals surface area contributed by atoms with Crippen molar-refractivity contribution in [1.82, 2.24) is 19.7 Å². The third-order valence-electron chi connectivity index (χ3n) is 5.60. The summed E-state index contributed by atoms with van der Waals surface area (Å²) in [6.07, 6.45) is 7.22. The van der Waals surface area contributed by atoms with Gasteiger partial charge in [-0.25, -0.2) is 9.97 Å². The molecule has 0 radical (unpaired) electrons. The molecule has 2 aliphatic heterocycles. The van der Waals surface area contributed by atoms with Crippen LogP contribution in [-0.4, -0.2) is 58.6 Å². The molecular formula is C22H23ClN6O3. The predicted octanol–water partition coefficient (Wildman–Crippen LogP) is 3.45. The van der Waals surface area contributed by atoms with Gasteiger partial charge in [-0.05, 0) is 37.1 Å². The number of nitrogens with zero attached hydrogens (tertiary/aromatic N) is 5. The molecule has 4 heterocycles. The first-order chi connectivity index (χ1) is 15.7. The maximum Gasteiger partial charge on any atom is 0.253 e. The number of rotatable bonds is 5. The summed E-state index contributed by atoms with van der Waals surface area (Å²) < 4.78 is 12.6. The molecule has 2 aromatic heterocycles. The molecule has 0 aliphatic carbocycles. The Morgan fingerprint density at radius 1 is 1.06 bits per heavy atom. The Morgan fingerprint density at radius 2 is 1.88 bits per heavy atom. The van der Waals surface area contributed by atoms with Crippen LogP contribution in [0.1, 0.15) is 18.9 Å². The van der Waals surface area contributed by atoms with E-state index in [0.29, 0.717) is 35.9 Å². The summed E-state index contributed by atoms with van der Waals surface area (Å²) in [7, 11) is 0. The van der Waals surface area contributed by atoms with E-state index in [-0.39, 0.29) is 12.5 Å². The van der Waals surface area contributed by atoms with Crippen molar-refractivity contribution in [3.63, 3.8) is 0 Å². The average Bonchev–Trinajstić information content (AvgIpc) is 3.32. The van der Waals surface area contributed by atoms with Crippen molar-refractivity contribution in [2.45, 2.75) is 18.9 Å². The Hall–Kier alpha value is -3.01. The van der Waals surface area contributed by atoms with Crippen molar-refractivity contribution < 1.29 is 14.3 Å². The molecule has 0 unspecified atom stereocenters. The molecule has 166 valence electrons. The Bertz CT molecular complexity index is 1100. The minimum atomic E-state index is -0.0380. The van der Waals surface area contributed by atoms with E-state index in [4.69, 9.17) is 21.1 Å². The fourth-order valence-electron chi connectivity index (χ4n) is 3.88. The van der Waals surface area contributed by atoms with Gasteiger partial charge in [0.2, 0.25) is 5.95 Å². The van der Waals surface area contributed by atoms with Crippen LogP contribution >= 0.6 is 11.6 Å². The summed E-state index contributed by atoms with van der Waals surface area (Å²) in [5.41, 5.74) is 3.11. The van der Waals surface area contributed by atoms with E-state index in [0.717, 1.165) is 43.0 Å². The lowest BCUT2D eigenvalue weighted by molar-refractivity contribution is -0.125. The molecule has 10 heteroatoms. The van der Waals surface area contributed by atoms with Crippen LogP contribution in [0.2, 0.25) is 5.02 Å². The van der Waals surface area contributed by atoms with Crippen LogP contribution in [-0.2, 0) is 14.3 Å². The van der Waals surface area contributed by atoms with Gasteiger partial charge in [-0.15, -0.1) is 0 Å². The topological polar surface area (TPSA) is 94.4 Å². The van der Waals surface area contributed by atoms with E-state index in [1.54, 1.807) is 17.3 Å². The normalized spacial score (nSPS) is 17.5. The van der Waals surface area contributed by atoms with Crippen LogP contribution in [0.4, 0.5) is 17.3 Å². The van der Waals surface area contributed by atoms with Crippen molar-refractivity contribution in [3.8, 4) is 11.3 Å². The summed E-state index contributed by atoms with van der Waals surface area (Å²) in [4.78, 5) is 22.6. The molecule has 0 bridgehead atoms. The molecule has 1 N–H and O–H groups in total. The summed E-state index contributed by atoms with van der Waals surface area (Å²) in [5, 5.41) is 8.17. The molecule has 1 amide bonds. The molecule has 0 saturated carbocycles. The number of anilines is 3. The maximum atomic E-state index is 12.0. The quantitative estimate of drug-likeness (QED) is 0.630. The second kappa shape index (κ2) is 9.23. The second-order valence-corrected chi connectivity index (χ2v) is 8.12. The average molecular weight is 455 g/mol. The lowest BCUT2D eigenvalue weighted by atomic mass is 10.1. The molecule has 0 atom stereocenters. The predicted molar refractivity (Wildman–Crippen MR) is 120 cm³/mol. The third kappa shape index (κ3) is 4.45. The number of nitrogens with one attached hydrogen (secondary N) is 1. The minimum absolute atomic E-state index is 0.0380. The Morgan fingerprint density at radius 3 is 2.66 bits per heavy atom. The van der Waals surface area contributed by atoms with Gasteiger partial charge in [-0.2, -0.15) is 5.10 Å². The van der Waals surface area contributed by atoms with Crippen molar-refractivity contribution in [1.29, 1.82) is 0 Å². The SMILES string of the molecule is O=C1COCCN1c1ccc(Nc2ncc(Cl)c(-c3cnn(C4CCOCC4)c3)n2)cc1. The van der Waals surface area contributed by atoms with Gasteiger partial charge in [0.1, 0.15) is 6.61 Å². The van der Waals surface area contributed by atoms with Crippen LogP contribution in [0.3, 0.4) is 0 Å². The zero-order valence-corrected chi connectivity index (χ0v) is 18.2. The molecule has 2 fully saturated rings. The second-order valence-electron chi connectivity index (χ2n) is 7.71. The molecule has 9 nitrogen and oxygen atoms in total. The van der Waals surface area contributed by atoms with Gasteiger partial charge in [0.05, 0.1) is 35.8 Å². The number of morpholine rings is 1. The van der Waals surface area contributed by atoms with Gasteiger partial charge in [-0.1, -0.05) is 11.6 Å². The van der Waals surface area contributed by atoms with Gasteiger partial charge >= 0.3 is 0 Å². The van der Waals surface area contributed by atoms with E-state index in [1.165, 1.54) is 0 Å². The molecular weight excluding hydrogens is 432 g/mol. The van der Waals surface area contributed by atoms with Crippen LogP contribution in [0.15, 0.2) is 42.9 Å². The summed E-state index contributed by atoms with van der Waals surface area (Å²) >= 11 is 6.39. The van der Waals surface area contributed by atoms with E-state index >= 15 is 0 Å². The number of carbonyl (C=O) groups is 1. The van der Waals surface area contributed by atoms with Gasteiger partial charge in [0.15, 0.2) is 0 Å². The fourth-order valence-corrected chi connectivity index (χ4v) is 4.08. The Kier molecular flexibility index (Phi) is 6.02. The first kappa shape index (κ1) is 20.9. The highest BCUT2D eigenvalue weighted by Crippen LogP contribution is 2.29. The van der Waals surface area contributed by atoms with E-state index in [2.05, 4.69) is 20.4 Å². The highest BCUT2D eigenvalue weighted by atomic mass is 35.5. The first-order valence-electron chi connectivity index (χ1n) is 10.6. The molecule has 32 heavy (non-hydrogen) atoms. The smallest absolute Gasteiger partial charge is 0.253 e. The molecule has 5 rings (SSSR count). The van der Waals surface area contributed by atoms with E-state index < -0.39 is 0 Å². The van der Waals surface area contributed by atoms with Crippen LogP contribution in [0.5, 0.6) is 0 Å². The van der Waals surface area contributed by atoms with Gasteiger partial charge in [0.25, 0.3) is 5.91 Å². The molecule has 2 saturated heterocycles. The standard InChI is InChI=1S/C22H23ClN6O3/c23-19-12-24-22(26-16-1-3-17(4-2-16)28-7-10-32-14-20(28)30)27-21(19)15-11-25-29(13-15)18-5-8-31-9-6-18/h1-4,11-13,18H,5-10,14H2,(H,24,26,27). The van der Waals surface area contributed by atoms with Crippen molar-refractivity contribution in [2.75, 3.05) is 43.2 Å². The van der Waals surface area contributed by atoms with E-state index in [9.17, 15) is 4.79 Å². The van der Waals surface area contributed by atoms with Gasteiger partial charge in [0, 0.05) is 42.9 Å². The highest BCUT2D eigenvalue weighted by Gasteiger charge is 2.20. The van der Waals surface area contributed by atoms with Gasteiger partial charge in [-0.3, -0.25) is 9.48 Å². The number of aromatic nitrogens is 4. The Labute approximate surface area is 190 Å². The molecule has 1 aromatic carbocycles. The number of hydrogen-bond acceptors (Lipinski definition) is 7. The number of benzene rings is 1. The molecule has 0 spiro atoms. The zero-order valence-electron chi connectivity index (χ0n) is 17.4. The monoisotopic (exact) mass is 454 g/mol. The summed E-state index contributed by atoms with van der Waals surface area (Å²) in [6.45, 7) is 2.71. The number of halogens is 1. The van der Waals surface area contributed by atoms with Crippen molar-refractivity contribution >= 4 is 34.8 Å². The number of ether oxygens (including phenoxy) is 2. The zero-order chi connectivity index (χ0) is 21.9. The largest absolute Gasteiger partial charge is 0.381 e. The van der Waals surface area contributed by atoms with Gasteiger partial charge < -0.3 is 19.7 Å². The summed E-state index contributed by atoms with van der Waals surface area (Å²) in [6, 6.07) is 7.88. The Balaban J connectivity index is 1.32. The third-order valence-corrected chi connectivity index (χ3v) is 5.88.